The van der Waals surface area contributed by atoms with Gasteiger partial charge in [0.1, 0.15) is 5.82 Å². The van der Waals surface area contributed by atoms with Gasteiger partial charge in [-0.2, -0.15) is 0 Å². The molecule has 1 atom stereocenters. The normalized spacial score (nSPS) is 12.6. The molecule has 1 aromatic heterocycles. The number of nitrogens with zero attached hydrogens (tertiary/aromatic N) is 2. The Kier molecular flexibility index (Phi) is 5.46. The summed E-state index contributed by atoms with van der Waals surface area (Å²) < 4.78 is 17.6. The first-order valence-corrected chi connectivity index (χ1v) is 7.79. The Balaban J connectivity index is 2.23. The van der Waals surface area contributed by atoms with Gasteiger partial charge in [-0.3, -0.25) is 0 Å². The van der Waals surface area contributed by atoms with Crippen LogP contribution in [-0.4, -0.2) is 16.1 Å². The predicted molar refractivity (Wildman–Crippen MR) is 80.8 cm³/mol. The quantitative estimate of drug-likeness (QED) is 0.881. The van der Waals surface area contributed by atoms with Crippen molar-refractivity contribution in [3.63, 3.8) is 0 Å². The molecule has 6 heteroatoms. The van der Waals surface area contributed by atoms with Crippen LogP contribution in [0.1, 0.15) is 36.0 Å². The van der Waals surface area contributed by atoms with E-state index in [4.69, 9.17) is 11.6 Å². The van der Waals surface area contributed by atoms with E-state index in [0.29, 0.717) is 6.42 Å². The van der Waals surface area contributed by atoms with Crippen molar-refractivity contribution >= 4 is 23.1 Å². The highest BCUT2D eigenvalue weighted by Gasteiger charge is 2.18. The van der Waals surface area contributed by atoms with Gasteiger partial charge in [0.15, 0.2) is 0 Å². The van der Waals surface area contributed by atoms with Crippen LogP contribution in [0.2, 0.25) is 5.02 Å². The Morgan fingerprint density at radius 1 is 1.40 bits per heavy atom. The molecule has 3 nitrogen and oxygen atoms in total. The van der Waals surface area contributed by atoms with E-state index < -0.39 is 0 Å². The van der Waals surface area contributed by atoms with Crippen molar-refractivity contribution in [1.29, 1.82) is 0 Å². The Labute approximate surface area is 127 Å². The average Bonchev–Trinajstić information content (AvgIpc) is 2.90. The second-order valence-electron chi connectivity index (χ2n) is 4.50. The fourth-order valence-corrected chi connectivity index (χ4v) is 3.06. The monoisotopic (exact) mass is 313 g/mol. The first-order chi connectivity index (χ1) is 9.65. The molecule has 0 aliphatic rings. The molecule has 0 spiro atoms. The summed E-state index contributed by atoms with van der Waals surface area (Å²) in [5.74, 6) is -0.377. The molecular formula is C14H17ClFN3S. The number of aryl methyl sites for hydroxylation is 1. The second-order valence-corrected chi connectivity index (χ2v) is 5.69. The van der Waals surface area contributed by atoms with Crippen LogP contribution in [0, 0.1) is 5.82 Å². The molecule has 0 amide bonds. The van der Waals surface area contributed by atoms with E-state index in [-0.39, 0.29) is 16.9 Å². The molecule has 1 heterocycles. The minimum Gasteiger partial charge on any atom is -0.309 e. The molecule has 0 saturated heterocycles. The van der Waals surface area contributed by atoms with Crippen LogP contribution in [0.15, 0.2) is 18.2 Å². The van der Waals surface area contributed by atoms with Crippen LogP contribution in [0.4, 0.5) is 4.39 Å². The van der Waals surface area contributed by atoms with Gasteiger partial charge in [0, 0.05) is 6.04 Å². The second kappa shape index (κ2) is 7.11. The lowest BCUT2D eigenvalue weighted by molar-refractivity contribution is 0.550. The highest BCUT2D eigenvalue weighted by molar-refractivity contribution is 7.05. The van der Waals surface area contributed by atoms with Crippen molar-refractivity contribution in [2.45, 2.75) is 32.7 Å². The number of benzene rings is 1. The van der Waals surface area contributed by atoms with E-state index in [1.807, 2.05) is 6.07 Å². The van der Waals surface area contributed by atoms with Crippen molar-refractivity contribution in [2.24, 2.45) is 0 Å². The number of hydrogen-bond donors (Lipinski definition) is 1. The van der Waals surface area contributed by atoms with Crippen LogP contribution in [0.25, 0.3) is 0 Å². The lowest BCUT2D eigenvalue weighted by Crippen LogP contribution is -2.23. The van der Waals surface area contributed by atoms with Gasteiger partial charge in [-0.15, -0.1) is 5.10 Å². The Morgan fingerprint density at radius 2 is 2.20 bits per heavy atom. The van der Waals surface area contributed by atoms with Gasteiger partial charge in [0.05, 0.1) is 15.6 Å². The Morgan fingerprint density at radius 3 is 2.85 bits per heavy atom. The smallest absolute Gasteiger partial charge is 0.142 e. The fraction of sp³-hybridized carbons (Fsp3) is 0.429. The van der Waals surface area contributed by atoms with E-state index >= 15 is 0 Å². The molecule has 1 N–H and O–H groups in total. The first kappa shape index (κ1) is 15.4. The highest BCUT2D eigenvalue weighted by atomic mass is 35.5. The van der Waals surface area contributed by atoms with Crippen molar-refractivity contribution in [3.05, 3.63) is 45.2 Å². The van der Waals surface area contributed by atoms with Crippen molar-refractivity contribution in [2.75, 3.05) is 6.54 Å². The topological polar surface area (TPSA) is 37.8 Å². The highest BCUT2D eigenvalue weighted by Crippen LogP contribution is 2.26. The van der Waals surface area contributed by atoms with E-state index in [1.165, 1.54) is 17.6 Å². The third kappa shape index (κ3) is 3.53. The number of halogens is 2. The maximum Gasteiger partial charge on any atom is 0.142 e. The van der Waals surface area contributed by atoms with Crippen LogP contribution < -0.4 is 5.32 Å². The van der Waals surface area contributed by atoms with Crippen LogP contribution in [0.3, 0.4) is 0 Å². The summed E-state index contributed by atoms with van der Waals surface area (Å²) in [6.07, 6.45) is 1.54. The Hall–Kier alpha value is -1.04. The maximum absolute atomic E-state index is 13.5. The maximum atomic E-state index is 13.5. The fourth-order valence-electron chi connectivity index (χ4n) is 2.13. The summed E-state index contributed by atoms with van der Waals surface area (Å²) in [4.78, 5) is 1.13. The molecule has 0 aliphatic heterocycles. The molecule has 108 valence electrons. The molecule has 0 radical (unpaired) electrons. The Bertz CT molecular complexity index is 573. The molecule has 2 aromatic rings. The number of hydrogen-bond acceptors (Lipinski definition) is 4. The van der Waals surface area contributed by atoms with Gasteiger partial charge < -0.3 is 5.32 Å². The summed E-state index contributed by atoms with van der Waals surface area (Å²) in [5, 5.41) is 7.72. The number of rotatable bonds is 6. The predicted octanol–water partition coefficient (Wildman–Crippen LogP) is 3.79. The molecule has 1 aromatic carbocycles. The third-order valence-corrected chi connectivity index (χ3v) is 4.30. The molecule has 20 heavy (non-hydrogen) atoms. The summed E-state index contributed by atoms with van der Waals surface area (Å²) in [7, 11) is 0. The molecule has 2 rings (SSSR count). The minimum atomic E-state index is -0.377. The zero-order valence-corrected chi connectivity index (χ0v) is 13.1. The molecule has 0 aliphatic carbocycles. The van der Waals surface area contributed by atoms with E-state index in [1.54, 1.807) is 6.07 Å². The van der Waals surface area contributed by atoms with Gasteiger partial charge in [-0.25, -0.2) is 4.39 Å². The third-order valence-electron chi connectivity index (χ3n) is 3.11. The van der Waals surface area contributed by atoms with Gasteiger partial charge in [-0.1, -0.05) is 36.0 Å². The molecular weight excluding hydrogens is 297 g/mol. The van der Waals surface area contributed by atoms with Crippen LogP contribution >= 0.6 is 23.1 Å². The molecule has 0 fully saturated rings. The van der Waals surface area contributed by atoms with Gasteiger partial charge in [-0.05, 0) is 48.6 Å². The number of nitrogens with one attached hydrogen (secondary N) is 1. The van der Waals surface area contributed by atoms with E-state index in [9.17, 15) is 4.39 Å². The summed E-state index contributed by atoms with van der Waals surface area (Å²) in [5.41, 5.74) is 1.92. The van der Waals surface area contributed by atoms with Gasteiger partial charge >= 0.3 is 0 Å². The van der Waals surface area contributed by atoms with E-state index in [0.717, 1.165) is 29.1 Å². The summed E-state index contributed by atoms with van der Waals surface area (Å²) >= 11 is 7.12. The van der Waals surface area contributed by atoms with E-state index in [2.05, 4.69) is 28.8 Å². The number of likely N-dealkylation sites (N-methyl/N-ethyl adjacent to an activating group) is 1. The minimum absolute atomic E-state index is 0.107. The number of aromatic nitrogens is 2. The molecule has 1 unspecified atom stereocenters. The largest absolute Gasteiger partial charge is 0.309 e. The lowest BCUT2D eigenvalue weighted by Gasteiger charge is -2.17. The summed E-state index contributed by atoms with van der Waals surface area (Å²) in [6.45, 7) is 4.95. The van der Waals surface area contributed by atoms with Crippen molar-refractivity contribution in [1.82, 2.24) is 14.9 Å². The van der Waals surface area contributed by atoms with Crippen molar-refractivity contribution < 1.29 is 4.39 Å². The van der Waals surface area contributed by atoms with Crippen molar-refractivity contribution in [3.8, 4) is 0 Å². The molecule has 0 bridgehead atoms. The standard InChI is InChI=1S/C14H17ClFN3S/c1-3-12-14(20-19-18-12)13(17-4-2)8-9-5-6-10(15)11(16)7-9/h5-7,13,17H,3-4,8H2,1-2H3. The SMILES string of the molecule is CCNC(Cc1ccc(Cl)c(F)c1)c1snnc1CC. The molecule has 0 saturated carbocycles. The van der Waals surface area contributed by atoms with Gasteiger partial charge in [0.25, 0.3) is 0 Å². The summed E-state index contributed by atoms with van der Waals surface area (Å²) in [6, 6.07) is 5.05. The van der Waals surface area contributed by atoms with Crippen LogP contribution in [-0.2, 0) is 12.8 Å². The zero-order valence-electron chi connectivity index (χ0n) is 11.5. The van der Waals surface area contributed by atoms with Crippen LogP contribution in [0.5, 0.6) is 0 Å². The zero-order chi connectivity index (χ0) is 14.5. The van der Waals surface area contributed by atoms with Gasteiger partial charge in [0.2, 0.25) is 0 Å². The average molecular weight is 314 g/mol. The first-order valence-electron chi connectivity index (χ1n) is 6.64. The lowest BCUT2D eigenvalue weighted by atomic mass is 10.0.